The summed E-state index contributed by atoms with van der Waals surface area (Å²) in [5, 5.41) is 12.4. The number of nitrogens with zero attached hydrogens (tertiary/aromatic N) is 2. The average Bonchev–Trinajstić information content (AvgIpc) is 2.55. The standard InChI is InChI=1S/C16H12FN3O2/c17-14-5-1-13(2-6-14)10-19-20-16(21)11-22-15-7-3-12(9-18)4-8-15/h1-8,10H,11H2,(H,20,21)/b19-10+. The van der Waals surface area contributed by atoms with Crippen molar-refractivity contribution < 1.29 is 13.9 Å². The first-order valence-electron chi connectivity index (χ1n) is 6.38. The number of carbonyl (C=O) groups is 1. The summed E-state index contributed by atoms with van der Waals surface area (Å²) in [7, 11) is 0. The third kappa shape index (κ3) is 4.72. The second-order valence-corrected chi connectivity index (χ2v) is 4.27. The lowest BCUT2D eigenvalue weighted by Crippen LogP contribution is -2.24. The summed E-state index contributed by atoms with van der Waals surface area (Å²) in [6, 6.07) is 14.1. The zero-order valence-electron chi connectivity index (χ0n) is 11.5. The van der Waals surface area contributed by atoms with Gasteiger partial charge in [-0.25, -0.2) is 9.82 Å². The Labute approximate surface area is 126 Å². The van der Waals surface area contributed by atoms with Crippen molar-refractivity contribution in [1.29, 1.82) is 5.26 Å². The summed E-state index contributed by atoms with van der Waals surface area (Å²) >= 11 is 0. The predicted molar refractivity (Wildman–Crippen MR) is 78.8 cm³/mol. The van der Waals surface area contributed by atoms with E-state index in [1.807, 2.05) is 6.07 Å². The minimum absolute atomic E-state index is 0.202. The highest BCUT2D eigenvalue weighted by atomic mass is 19.1. The topological polar surface area (TPSA) is 74.5 Å². The van der Waals surface area contributed by atoms with Gasteiger partial charge in [0.15, 0.2) is 6.61 Å². The summed E-state index contributed by atoms with van der Waals surface area (Å²) in [5.74, 6) is -0.281. The maximum absolute atomic E-state index is 12.7. The lowest BCUT2D eigenvalue weighted by molar-refractivity contribution is -0.123. The number of rotatable bonds is 5. The van der Waals surface area contributed by atoms with E-state index in [9.17, 15) is 9.18 Å². The van der Waals surface area contributed by atoms with Crippen LogP contribution in [-0.4, -0.2) is 18.7 Å². The van der Waals surface area contributed by atoms with E-state index >= 15 is 0 Å². The molecule has 0 unspecified atom stereocenters. The minimum atomic E-state index is -0.428. The molecule has 22 heavy (non-hydrogen) atoms. The van der Waals surface area contributed by atoms with Gasteiger partial charge in [0.2, 0.25) is 0 Å². The molecule has 2 rings (SSSR count). The van der Waals surface area contributed by atoms with Crippen molar-refractivity contribution in [2.24, 2.45) is 5.10 Å². The second kappa shape index (κ2) is 7.55. The summed E-state index contributed by atoms with van der Waals surface area (Å²) < 4.78 is 17.9. The van der Waals surface area contributed by atoms with Gasteiger partial charge in [-0.3, -0.25) is 4.79 Å². The molecule has 0 aliphatic carbocycles. The summed E-state index contributed by atoms with van der Waals surface area (Å²) in [6.45, 7) is -0.202. The minimum Gasteiger partial charge on any atom is -0.484 e. The van der Waals surface area contributed by atoms with Gasteiger partial charge in [-0.2, -0.15) is 10.4 Å². The van der Waals surface area contributed by atoms with Gasteiger partial charge in [0.25, 0.3) is 5.91 Å². The highest BCUT2D eigenvalue weighted by Crippen LogP contribution is 2.11. The number of amides is 1. The highest BCUT2D eigenvalue weighted by Gasteiger charge is 2.01. The number of carbonyl (C=O) groups excluding carboxylic acids is 1. The van der Waals surface area contributed by atoms with E-state index in [4.69, 9.17) is 10.00 Å². The van der Waals surface area contributed by atoms with Crippen LogP contribution in [0.4, 0.5) is 4.39 Å². The molecule has 0 atom stereocenters. The van der Waals surface area contributed by atoms with Gasteiger partial charge in [0.05, 0.1) is 17.8 Å². The molecule has 2 aromatic rings. The summed E-state index contributed by atoms with van der Waals surface area (Å²) in [5.41, 5.74) is 3.47. The number of hydrogen-bond acceptors (Lipinski definition) is 4. The Morgan fingerprint density at radius 3 is 2.55 bits per heavy atom. The van der Waals surface area contributed by atoms with Crippen LogP contribution in [0, 0.1) is 17.1 Å². The Morgan fingerprint density at radius 2 is 1.91 bits per heavy atom. The smallest absolute Gasteiger partial charge is 0.277 e. The van der Waals surface area contributed by atoms with Crippen LogP contribution in [-0.2, 0) is 4.79 Å². The van der Waals surface area contributed by atoms with Crippen molar-refractivity contribution in [3.8, 4) is 11.8 Å². The van der Waals surface area contributed by atoms with E-state index in [-0.39, 0.29) is 12.4 Å². The van der Waals surface area contributed by atoms with Crippen molar-refractivity contribution in [1.82, 2.24) is 5.43 Å². The molecule has 1 amide bonds. The van der Waals surface area contributed by atoms with Gasteiger partial charge >= 0.3 is 0 Å². The van der Waals surface area contributed by atoms with Crippen molar-refractivity contribution in [3.05, 3.63) is 65.5 Å². The van der Waals surface area contributed by atoms with Crippen LogP contribution in [0.15, 0.2) is 53.6 Å². The Kier molecular flexibility index (Phi) is 5.21. The van der Waals surface area contributed by atoms with Crippen LogP contribution in [0.25, 0.3) is 0 Å². The number of nitrogens with one attached hydrogen (secondary N) is 1. The van der Waals surface area contributed by atoms with Gasteiger partial charge in [0, 0.05) is 0 Å². The van der Waals surface area contributed by atoms with Crippen molar-refractivity contribution >= 4 is 12.1 Å². The van der Waals surface area contributed by atoms with E-state index < -0.39 is 5.91 Å². The number of benzene rings is 2. The lowest BCUT2D eigenvalue weighted by atomic mass is 10.2. The monoisotopic (exact) mass is 297 g/mol. The van der Waals surface area contributed by atoms with Gasteiger partial charge in [-0.15, -0.1) is 0 Å². The van der Waals surface area contributed by atoms with Gasteiger partial charge in [0.1, 0.15) is 11.6 Å². The maximum atomic E-state index is 12.7. The fourth-order valence-electron chi connectivity index (χ4n) is 1.53. The molecule has 0 aliphatic heterocycles. The molecule has 110 valence electrons. The third-order valence-electron chi connectivity index (χ3n) is 2.63. The highest BCUT2D eigenvalue weighted by molar-refractivity contribution is 5.82. The van der Waals surface area contributed by atoms with Gasteiger partial charge in [-0.1, -0.05) is 12.1 Å². The molecule has 6 heteroatoms. The third-order valence-corrected chi connectivity index (χ3v) is 2.63. The maximum Gasteiger partial charge on any atom is 0.277 e. The van der Waals surface area contributed by atoms with E-state index in [1.54, 1.807) is 24.3 Å². The van der Waals surface area contributed by atoms with Crippen LogP contribution in [0.1, 0.15) is 11.1 Å². The molecular weight excluding hydrogens is 285 g/mol. The first kappa shape index (κ1) is 15.2. The Bertz CT molecular complexity index is 704. The Morgan fingerprint density at radius 1 is 1.23 bits per heavy atom. The Balaban J connectivity index is 1.78. The van der Waals surface area contributed by atoms with Gasteiger partial charge < -0.3 is 4.74 Å². The van der Waals surface area contributed by atoms with Gasteiger partial charge in [-0.05, 0) is 42.0 Å². The largest absolute Gasteiger partial charge is 0.484 e. The molecule has 0 bridgehead atoms. The molecule has 0 spiro atoms. The van der Waals surface area contributed by atoms with Crippen LogP contribution in [0.2, 0.25) is 0 Å². The fourth-order valence-corrected chi connectivity index (χ4v) is 1.53. The van der Waals surface area contributed by atoms with Crippen molar-refractivity contribution in [3.63, 3.8) is 0 Å². The number of ether oxygens (including phenoxy) is 1. The first-order chi connectivity index (χ1) is 10.7. The molecule has 1 N–H and O–H groups in total. The summed E-state index contributed by atoms with van der Waals surface area (Å²) in [4.78, 5) is 11.5. The van der Waals surface area contributed by atoms with E-state index in [2.05, 4.69) is 10.5 Å². The van der Waals surface area contributed by atoms with E-state index in [1.165, 1.54) is 30.5 Å². The number of hydrogen-bond donors (Lipinski definition) is 1. The lowest BCUT2D eigenvalue weighted by Gasteiger charge is -2.04. The molecule has 0 saturated carbocycles. The Hall–Kier alpha value is -3.20. The predicted octanol–water partition coefficient (Wildman–Crippen LogP) is 2.23. The number of halogens is 1. The van der Waals surface area contributed by atoms with Crippen molar-refractivity contribution in [2.45, 2.75) is 0 Å². The van der Waals surface area contributed by atoms with Crippen LogP contribution in [0.5, 0.6) is 5.75 Å². The van der Waals surface area contributed by atoms with E-state index in [0.29, 0.717) is 16.9 Å². The van der Waals surface area contributed by atoms with Crippen LogP contribution in [0.3, 0.4) is 0 Å². The molecule has 2 aromatic carbocycles. The quantitative estimate of drug-likeness (QED) is 0.679. The van der Waals surface area contributed by atoms with Crippen molar-refractivity contribution in [2.75, 3.05) is 6.61 Å². The summed E-state index contributed by atoms with van der Waals surface area (Å²) in [6.07, 6.45) is 1.40. The SMILES string of the molecule is N#Cc1ccc(OCC(=O)N/N=C/c2ccc(F)cc2)cc1. The molecular formula is C16H12FN3O2. The molecule has 0 heterocycles. The molecule has 0 radical (unpaired) electrons. The molecule has 0 saturated heterocycles. The molecule has 0 fully saturated rings. The fraction of sp³-hybridized carbons (Fsp3) is 0.0625. The zero-order valence-corrected chi connectivity index (χ0v) is 11.5. The molecule has 5 nitrogen and oxygen atoms in total. The van der Waals surface area contributed by atoms with Crippen LogP contribution < -0.4 is 10.2 Å². The molecule has 0 aromatic heterocycles. The number of hydrazone groups is 1. The normalized spacial score (nSPS) is 10.2. The number of nitriles is 1. The zero-order chi connectivity index (χ0) is 15.8. The molecule has 0 aliphatic rings. The van der Waals surface area contributed by atoms with Crippen LogP contribution >= 0.6 is 0 Å². The van der Waals surface area contributed by atoms with E-state index in [0.717, 1.165) is 0 Å². The second-order valence-electron chi connectivity index (χ2n) is 4.27. The average molecular weight is 297 g/mol. The first-order valence-corrected chi connectivity index (χ1v) is 6.38.